The highest BCUT2D eigenvalue weighted by atomic mass is 35.5. The first kappa shape index (κ1) is 13.6. The number of rotatable bonds is 3. The minimum Gasteiger partial charge on any atom is -0.310 e. The zero-order chi connectivity index (χ0) is 15.0. The molecule has 21 heavy (non-hydrogen) atoms. The van der Waals surface area contributed by atoms with Crippen LogP contribution in [-0.2, 0) is 4.79 Å². The maximum atomic E-state index is 12.4. The molecular formula is C13H11ClN4O3. The van der Waals surface area contributed by atoms with Crippen molar-refractivity contribution in [1.29, 1.82) is 0 Å². The van der Waals surface area contributed by atoms with E-state index >= 15 is 0 Å². The van der Waals surface area contributed by atoms with Crippen LogP contribution < -0.4 is 4.90 Å². The summed E-state index contributed by atoms with van der Waals surface area (Å²) in [5.74, 6) is -0.143. The van der Waals surface area contributed by atoms with E-state index in [1.54, 1.807) is 29.2 Å². The van der Waals surface area contributed by atoms with Crippen molar-refractivity contribution < 1.29 is 9.72 Å². The Balaban J connectivity index is 1.84. The van der Waals surface area contributed by atoms with Crippen LogP contribution >= 0.6 is 11.6 Å². The maximum Gasteiger partial charge on any atom is 0.307 e. The minimum atomic E-state index is -0.530. The van der Waals surface area contributed by atoms with Crippen LogP contribution in [0.5, 0.6) is 0 Å². The molecule has 3 rings (SSSR count). The first-order valence-electron chi connectivity index (χ1n) is 6.32. The van der Waals surface area contributed by atoms with E-state index < -0.39 is 11.0 Å². The van der Waals surface area contributed by atoms with E-state index in [2.05, 4.69) is 5.10 Å². The van der Waals surface area contributed by atoms with Crippen molar-refractivity contribution in [1.82, 2.24) is 9.78 Å². The molecule has 0 radical (unpaired) electrons. The number of nitro groups is 1. The van der Waals surface area contributed by atoms with Crippen LogP contribution in [0, 0.1) is 10.1 Å². The van der Waals surface area contributed by atoms with E-state index in [1.807, 2.05) is 0 Å². The van der Waals surface area contributed by atoms with Crippen molar-refractivity contribution in [2.24, 2.45) is 0 Å². The quantitative estimate of drug-likeness (QED) is 0.644. The second kappa shape index (κ2) is 5.17. The van der Waals surface area contributed by atoms with Crippen molar-refractivity contribution in [3.05, 3.63) is 51.8 Å². The highest BCUT2D eigenvalue weighted by Gasteiger charge is 2.35. The van der Waals surface area contributed by atoms with Crippen molar-refractivity contribution in [2.45, 2.75) is 12.5 Å². The van der Waals surface area contributed by atoms with Crippen LogP contribution in [0.25, 0.3) is 0 Å². The summed E-state index contributed by atoms with van der Waals surface area (Å²) >= 11 is 5.93. The fraction of sp³-hybridized carbons (Fsp3) is 0.231. The van der Waals surface area contributed by atoms with Crippen molar-refractivity contribution in [3.63, 3.8) is 0 Å². The van der Waals surface area contributed by atoms with Gasteiger partial charge in [0.05, 0.1) is 4.92 Å². The summed E-state index contributed by atoms with van der Waals surface area (Å²) in [6.45, 7) is 0.525. The summed E-state index contributed by atoms with van der Waals surface area (Å²) < 4.78 is 1.35. The molecule has 1 saturated heterocycles. The maximum absolute atomic E-state index is 12.4. The third kappa shape index (κ3) is 2.47. The van der Waals surface area contributed by atoms with Crippen LogP contribution in [-0.4, -0.2) is 27.2 Å². The second-order valence-electron chi connectivity index (χ2n) is 4.71. The van der Waals surface area contributed by atoms with E-state index in [1.165, 1.54) is 10.9 Å². The van der Waals surface area contributed by atoms with Gasteiger partial charge < -0.3 is 4.90 Å². The standard InChI is InChI=1S/C13H11ClN4O3/c14-9-2-1-3-10(6-9)16-5-4-12(13(16)19)17-8-11(7-15-17)18(20)21/h1-3,6-8,12H,4-5H2/t12-/m0/s1. The number of anilines is 1. The van der Waals surface area contributed by atoms with Gasteiger partial charge in [-0.05, 0) is 24.6 Å². The average molecular weight is 307 g/mol. The van der Waals surface area contributed by atoms with Gasteiger partial charge in [0.2, 0.25) is 0 Å². The van der Waals surface area contributed by atoms with Crippen molar-refractivity contribution in [2.75, 3.05) is 11.4 Å². The topological polar surface area (TPSA) is 81.3 Å². The van der Waals surface area contributed by atoms with Gasteiger partial charge in [0.15, 0.2) is 0 Å². The molecule has 1 aromatic carbocycles. The number of halogens is 1. The van der Waals surface area contributed by atoms with E-state index in [0.29, 0.717) is 18.0 Å². The third-order valence-corrected chi connectivity index (χ3v) is 3.65. The molecule has 0 saturated carbocycles. The van der Waals surface area contributed by atoms with Crippen molar-refractivity contribution in [3.8, 4) is 0 Å². The zero-order valence-corrected chi connectivity index (χ0v) is 11.6. The largest absolute Gasteiger partial charge is 0.310 e. The Kier molecular flexibility index (Phi) is 3.34. The van der Waals surface area contributed by atoms with Gasteiger partial charge in [0.25, 0.3) is 5.91 Å². The van der Waals surface area contributed by atoms with E-state index in [9.17, 15) is 14.9 Å². The number of hydrogen-bond acceptors (Lipinski definition) is 4. The van der Waals surface area contributed by atoms with E-state index in [-0.39, 0.29) is 11.6 Å². The Morgan fingerprint density at radius 2 is 2.24 bits per heavy atom. The van der Waals surface area contributed by atoms with E-state index in [0.717, 1.165) is 11.9 Å². The van der Waals surface area contributed by atoms with Gasteiger partial charge in [0.1, 0.15) is 18.4 Å². The molecule has 0 N–H and O–H groups in total. The van der Waals surface area contributed by atoms with Crippen molar-refractivity contribution >= 4 is 28.9 Å². The summed E-state index contributed by atoms with van der Waals surface area (Å²) in [5, 5.41) is 15.1. The number of aromatic nitrogens is 2. The van der Waals surface area contributed by atoms with Crippen LogP contribution in [0.4, 0.5) is 11.4 Å². The van der Waals surface area contributed by atoms with Crippen LogP contribution in [0.1, 0.15) is 12.5 Å². The molecule has 2 aromatic rings. The number of hydrogen-bond donors (Lipinski definition) is 0. The van der Waals surface area contributed by atoms with Gasteiger partial charge in [-0.3, -0.25) is 19.6 Å². The molecule has 1 aliphatic rings. The lowest BCUT2D eigenvalue weighted by Crippen LogP contribution is -2.28. The number of benzene rings is 1. The molecule has 0 aliphatic carbocycles. The SMILES string of the molecule is O=C1[C@@H](n2cc([N+](=O)[O-])cn2)CCN1c1cccc(Cl)c1. The molecule has 0 unspecified atom stereocenters. The first-order valence-corrected chi connectivity index (χ1v) is 6.69. The summed E-state index contributed by atoms with van der Waals surface area (Å²) in [6, 6.07) is 6.51. The number of carbonyl (C=O) groups is 1. The number of nitrogens with zero attached hydrogens (tertiary/aromatic N) is 4. The highest BCUT2D eigenvalue weighted by Crippen LogP contribution is 2.30. The lowest BCUT2D eigenvalue weighted by atomic mass is 10.2. The van der Waals surface area contributed by atoms with Gasteiger partial charge in [-0.1, -0.05) is 17.7 Å². The molecule has 0 bridgehead atoms. The monoisotopic (exact) mass is 306 g/mol. The summed E-state index contributed by atoms with van der Waals surface area (Å²) in [5.41, 5.74) is 0.598. The molecule has 7 nitrogen and oxygen atoms in total. The lowest BCUT2D eigenvalue weighted by Gasteiger charge is -2.17. The molecule has 0 spiro atoms. The predicted octanol–water partition coefficient (Wildman–Crippen LogP) is 2.42. The van der Waals surface area contributed by atoms with E-state index in [4.69, 9.17) is 11.6 Å². The average Bonchev–Trinajstić information content (AvgIpc) is 3.05. The second-order valence-corrected chi connectivity index (χ2v) is 5.15. The van der Waals surface area contributed by atoms with Crippen LogP contribution in [0.3, 0.4) is 0 Å². The molecule has 1 aromatic heterocycles. The third-order valence-electron chi connectivity index (χ3n) is 3.42. The van der Waals surface area contributed by atoms with Gasteiger partial charge in [0, 0.05) is 17.3 Å². The van der Waals surface area contributed by atoms with Crippen LogP contribution in [0.2, 0.25) is 5.02 Å². The van der Waals surface area contributed by atoms with Crippen LogP contribution in [0.15, 0.2) is 36.7 Å². The molecule has 1 fully saturated rings. The van der Waals surface area contributed by atoms with Gasteiger partial charge in [-0.25, -0.2) is 0 Å². The summed E-state index contributed by atoms with van der Waals surface area (Å²) in [4.78, 5) is 24.2. The van der Waals surface area contributed by atoms with Gasteiger partial charge in [-0.15, -0.1) is 0 Å². The Morgan fingerprint density at radius 1 is 1.43 bits per heavy atom. The minimum absolute atomic E-state index is 0.121. The Labute approximate surface area is 124 Å². The number of amides is 1. The molecule has 1 amide bonds. The highest BCUT2D eigenvalue weighted by molar-refractivity contribution is 6.30. The lowest BCUT2D eigenvalue weighted by molar-refractivity contribution is -0.385. The van der Waals surface area contributed by atoms with Gasteiger partial charge in [-0.2, -0.15) is 5.10 Å². The predicted molar refractivity (Wildman–Crippen MR) is 76.3 cm³/mol. The smallest absolute Gasteiger partial charge is 0.307 e. The first-order chi connectivity index (χ1) is 10.1. The Bertz CT molecular complexity index is 715. The molecule has 8 heteroatoms. The molecule has 1 atom stereocenters. The fourth-order valence-electron chi connectivity index (χ4n) is 2.40. The summed E-state index contributed by atoms with van der Waals surface area (Å²) in [7, 11) is 0. The Hall–Kier alpha value is -2.41. The summed E-state index contributed by atoms with van der Waals surface area (Å²) in [6.07, 6.45) is 2.98. The number of carbonyl (C=O) groups excluding carboxylic acids is 1. The zero-order valence-electron chi connectivity index (χ0n) is 10.8. The molecule has 1 aliphatic heterocycles. The Morgan fingerprint density at radius 3 is 2.90 bits per heavy atom. The van der Waals surface area contributed by atoms with Gasteiger partial charge >= 0.3 is 5.69 Å². The molecule has 108 valence electrons. The fourth-order valence-corrected chi connectivity index (χ4v) is 2.59. The molecular weight excluding hydrogens is 296 g/mol. The normalized spacial score (nSPS) is 18.2. The molecule has 2 heterocycles.